The van der Waals surface area contributed by atoms with Crippen molar-refractivity contribution in [2.24, 2.45) is 0 Å². The molecule has 0 aliphatic rings. The number of para-hydroxylation sites is 1. The van der Waals surface area contributed by atoms with Gasteiger partial charge in [-0.1, -0.05) is 60.2 Å². The Hall–Kier alpha value is -3.91. The summed E-state index contributed by atoms with van der Waals surface area (Å²) in [6.07, 6.45) is 0. The molecule has 0 fully saturated rings. The molecule has 0 heterocycles. The summed E-state index contributed by atoms with van der Waals surface area (Å²) in [5.41, 5.74) is 3.86. The molecule has 0 saturated heterocycles. The second-order valence-corrected chi connectivity index (χ2v) is 6.19. The smallest absolute Gasteiger partial charge is 0.339 e. The molecular formula is C23H18N2O3. The van der Waals surface area contributed by atoms with E-state index in [-0.39, 0.29) is 0 Å². The largest absolute Gasteiger partial charge is 0.452 e. The monoisotopic (exact) mass is 370 g/mol. The minimum absolute atomic E-state index is 0.340. The second kappa shape index (κ2) is 8.65. The van der Waals surface area contributed by atoms with Crippen LogP contribution in [0.1, 0.15) is 21.5 Å². The summed E-state index contributed by atoms with van der Waals surface area (Å²) in [6.45, 7) is 1.55. The Morgan fingerprint density at radius 3 is 2.39 bits per heavy atom. The molecule has 5 nitrogen and oxygen atoms in total. The van der Waals surface area contributed by atoms with Gasteiger partial charge in [0.25, 0.3) is 5.91 Å². The number of carbonyl (C=O) groups is 2. The number of anilines is 1. The number of rotatable bonds is 5. The molecule has 3 aromatic carbocycles. The summed E-state index contributed by atoms with van der Waals surface area (Å²) in [7, 11) is 0. The van der Waals surface area contributed by atoms with Gasteiger partial charge in [-0.3, -0.25) is 4.79 Å². The predicted octanol–water partition coefficient (Wildman–Crippen LogP) is 4.33. The van der Waals surface area contributed by atoms with E-state index in [1.54, 1.807) is 36.4 Å². The highest BCUT2D eigenvalue weighted by molar-refractivity contribution is 5.99. The Labute approximate surface area is 163 Å². The van der Waals surface area contributed by atoms with Crippen LogP contribution in [0.3, 0.4) is 0 Å². The van der Waals surface area contributed by atoms with Crippen molar-refractivity contribution in [3.8, 4) is 17.2 Å². The topological polar surface area (TPSA) is 79.2 Å². The van der Waals surface area contributed by atoms with Crippen LogP contribution >= 0.6 is 0 Å². The van der Waals surface area contributed by atoms with E-state index in [0.29, 0.717) is 16.8 Å². The Bertz CT molecular complexity index is 1050. The molecule has 3 aromatic rings. The zero-order chi connectivity index (χ0) is 19.9. The predicted molar refractivity (Wildman–Crippen MR) is 107 cm³/mol. The van der Waals surface area contributed by atoms with Crippen LogP contribution in [-0.2, 0) is 9.53 Å². The molecule has 0 atom stereocenters. The van der Waals surface area contributed by atoms with Crippen molar-refractivity contribution < 1.29 is 14.3 Å². The first-order chi connectivity index (χ1) is 13.6. The Kier molecular flexibility index (Phi) is 5.83. The van der Waals surface area contributed by atoms with Crippen molar-refractivity contribution >= 4 is 17.6 Å². The van der Waals surface area contributed by atoms with E-state index in [9.17, 15) is 9.59 Å². The van der Waals surface area contributed by atoms with Gasteiger partial charge < -0.3 is 10.1 Å². The molecule has 0 aromatic heterocycles. The molecule has 0 aliphatic carbocycles. The third kappa shape index (κ3) is 4.43. The first kappa shape index (κ1) is 18.9. The third-order valence-electron chi connectivity index (χ3n) is 4.17. The first-order valence-corrected chi connectivity index (χ1v) is 8.70. The highest BCUT2D eigenvalue weighted by Gasteiger charge is 2.16. The highest BCUT2D eigenvalue weighted by atomic mass is 16.5. The van der Waals surface area contributed by atoms with Gasteiger partial charge in [0.1, 0.15) is 6.07 Å². The van der Waals surface area contributed by atoms with Gasteiger partial charge in [-0.2, -0.15) is 5.26 Å². The third-order valence-corrected chi connectivity index (χ3v) is 4.17. The molecule has 0 spiro atoms. The average molecular weight is 370 g/mol. The lowest BCUT2D eigenvalue weighted by Gasteiger charge is -2.11. The van der Waals surface area contributed by atoms with Crippen LogP contribution in [0.2, 0.25) is 0 Å². The van der Waals surface area contributed by atoms with Gasteiger partial charge in [0.15, 0.2) is 6.61 Å². The molecular weight excluding hydrogens is 352 g/mol. The fourth-order valence-corrected chi connectivity index (χ4v) is 2.73. The van der Waals surface area contributed by atoms with Crippen molar-refractivity contribution in [2.75, 3.05) is 11.9 Å². The maximum absolute atomic E-state index is 12.5. The molecule has 138 valence electrons. The van der Waals surface area contributed by atoms with Crippen LogP contribution in [0, 0.1) is 18.3 Å². The maximum Gasteiger partial charge on any atom is 0.339 e. The van der Waals surface area contributed by atoms with E-state index < -0.39 is 18.5 Å². The molecule has 3 rings (SSSR count). The summed E-state index contributed by atoms with van der Waals surface area (Å²) in [4.78, 5) is 24.6. The first-order valence-electron chi connectivity index (χ1n) is 8.70. The van der Waals surface area contributed by atoms with E-state index in [0.717, 1.165) is 16.7 Å². The van der Waals surface area contributed by atoms with Crippen LogP contribution in [0.4, 0.5) is 5.69 Å². The van der Waals surface area contributed by atoms with Crippen LogP contribution in [0.25, 0.3) is 11.1 Å². The number of aryl methyl sites for hydroxylation is 1. The van der Waals surface area contributed by atoms with Crippen LogP contribution in [0.15, 0.2) is 72.8 Å². The normalized spacial score (nSPS) is 10.0. The summed E-state index contributed by atoms with van der Waals surface area (Å²) in [6, 6.07) is 23.5. The molecule has 0 unspecified atom stereocenters. The fraction of sp³-hybridized carbons (Fsp3) is 0.0870. The van der Waals surface area contributed by atoms with E-state index in [1.807, 2.05) is 49.4 Å². The fourth-order valence-electron chi connectivity index (χ4n) is 2.73. The van der Waals surface area contributed by atoms with Crippen molar-refractivity contribution in [1.29, 1.82) is 5.26 Å². The summed E-state index contributed by atoms with van der Waals surface area (Å²) < 4.78 is 5.19. The lowest BCUT2D eigenvalue weighted by molar-refractivity contribution is -0.119. The molecule has 0 radical (unpaired) electrons. The van der Waals surface area contributed by atoms with E-state index in [1.165, 1.54) is 0 Å². The van der Waals surface area contributed by atoms with E-state index in [2.05, 4.69) is 5.32 Å². The quantitative estimate of drug-likeness (QED) is 0.678. The number of nitrogens with one attached hydrogen (secondary N) is 1. The number of amides is 1. The lowest BCUT2D eigenvalue weighted by atomic mass is 9.99. The SMILES string of the molecule is Cc1ccc(-c2ccccc2C(=O)OCC(=O)Nc2ccccc2C#N)cc1. The van der Waals surface area contributed by atoms with E-state index in [4.69, 9.17) is 10.00 Å². The summed E-state index contributed by atoms with van der Waals surface area (Å²) >= 11 is 0. The molecule has 1 N–H and O–H groups in total. The summed E-state index contributed by atoms with van der Waals surface area (Å²) in [5.74, 6) is -1.09. The molecule has 0 aliphatic heterocycles. The van der Waals surface area contributed by atoms with Crippen molar-refractivity contribution in [2.45, 2.75) is 6.92 Å². The van der Waals surface area contributed by atoms with Crippen molar-refractivity contribution in [1.82, 2.24) is 0 Å². The molecule has 0 bridgehead atoms. The number of benzene rings is 3. The van der Waals surface area contributed by atoms with Gasteiger partial charge in [-0.25, -0.2) is 4.79 Å². The van der Waals surface area contributed by atoms with Gasteiger partial charge in [0, 0.05) is 0 Å². The minimum atomic E-state index is -0.583. The minimum Gasteiger partial charge on any atom is -0.452 e. The highest BCUT2D eigenvalue weighted by Crippen LogP contribution is 2.24. The summed E-state index contributed by atoms with van der Waals surface area (Å²) in [5, 5.41) is 11.6. The zero-order valence-electron chi connectivity index (χ0n) is 15.3. The maximum atomic E-state index is 12.5. The zero-order valence-corrected chi connectivity index (χ0v) is 15.3. The van der Waals surface area contributed by atoms with Gasteiger partial charge in [-0.15, -0.1) is 0 Å². The van der Waals surface area contributed by atoms with Gasteiger partial charge in [-0.05, 0) is 36.2 Å². The Morgan fingerprint density at radius 2 is 1.64 bits per heavy atom. The second-order valence-electron chi connectivity index (χ2n) is 6.19. The number of hydrogen-bond donors (Lipinski definition) is 1. The number of esters is 1. The van der Waals surface area contributed by atoms with Crippen LogP contribution < -0.4 is 5.32 Å². The number of nitriles is 1. The standard InChI is InChI=1S/C23H18N2O3/c1-16-10-12-17(13-11-16)19-7-3-4-8-20(19)23(27)28-15-22(26)25-21-9-5-2-6-18(21)14-24/h2-13H,15H2,1H3,(H,25,26). The van der Waals surface area contributed by atoms with Gasteiger partial charge in [0.05, 0.1) is 16.8 Å². The van der Waals surface area contributed by atoms with E-state index >= 15 is 0 Å². The molecule has 1 amide bonds. The lowest BCUT2D eigenvalue weighted by Crippen LogP contribution is -2.21. The Balaban J connectivity index is 1.69. The molecule has 5 heteroatoms. The number of carbonyl (C=O) groups excluding carboxylic acids is 2. The molecule has 0 saturated carbocycles. The number of hydrogen-bond acceptors (Lipinski definition) is 4. The van der Waals surface area contributed by atoms with Crippen molar-refractivity contribution in [3.05, 3.63) is 89.5 Å². The number of nitrogens with zero attached hydrogens (tertiary/aromatic N) is 1. The average Bonchev–Trinajstić information content (AvgIpc) is 2.73. The van der Waals surface area contributed by atoms with Crippen LogP contribution in [0.5, 0.6) is 0 Å². The van der Waals surface area contributed by atoms with Crippen molar-refractivity contribution in [3.63, 3.8) is 0 Å². The van der Waals surface area contributed by atoms with Gasteiger partial charge in [0.2, 0.25) is 0 Å². The molecule has 28 heavy (non-hydrogen) atoms. The van der Waals surface area contributed by atoms with Gasteiger partial charge >= 0.3 is 5.97 Å². The van der Waals surface area contributed by atoms with Crippen LogP contribution in [-0.4, -0.2) is 18.5 Å². The Morgan fingerprint density at radius 1 is 0.964 bits per heavy atom. The number of ether oxygens (including phenoxy) is 1.